The number of hydrogen-bond donors (Lipinski definition) is 1. The second-order valence-corrected chi connectivity index (χ2v) is 7.02. The summed E-state index contributed by atoms with van der Waals surface area (Å²) in [5, 5.41) is 3.51. The number of hydrogen-bond acceptors (Lipinski definition) is 4. The SMILES string of the molecule is Cc1c2c(cc3c1N(CC1CCCCO1)CCO3)CCNCC2. The summed E-state index contributed by atoms with van der Waals surface area (Å²) in [5.41, 5.74) is 5.76. The van der Waals surface area contributed by atoms with E-state index in [1.165, 1.54) is 41.6 Å². The van der Waals surface area contributed by atoms with Gasteiger partial charge in [-0.3, -0.25) is 0 Å². The molecule has 1 N–H and O–H groups in total. The van der Waals surface area contributed by atoms with Gasteiger partial charge in [-0.05, 0) is 74.9 Å². The van der Waals surface area contributed by atoms with Gasteiger partial charge in [0, 0.05) is 13.2 Å². The van der Waals surface area contributed by atoms with Crippen LogP contribution in [0.2, 0.25) is 0 Å². The molecule has 126 valence electrons. The van der Waals surface area contributed by atoms with Gasteiger partial charge in [0.2, 0.25) is 0 Å². The number of rotatable bonds is 2. The van der Waals surface area contributed by atoms with Gasteiger partial charge in [0.25, 0.3) is 0 Å². The zero-order valence-corrected chi connectivity index (χ0v) is 14.2. The summed E-state index contributed by atoms with van der Waals surface area (Å²) in [7, 11) is 0. The molecule has 0 amide bonds. The maximum Gasteiger partial charge on any atom is 0.143 e. The number of anilines is 1. The highest BCUT2D eigenvalue weighted by Gasteiger charge is 2.27. The van der Waals surface area contributed by atoms with Gasteiger partial charge in [-0.1, -0.05) is 0 Å². The quantitative estimate of drug-likeness (QED) is 0.909. The molecule has 3 aliphatic heterocycles. The predicted octanol–water partition coefficient (Wildman–Crippen LogP) is 2.45. The van der Waals surface area contributed by atoms with Gasteiger partial charge in [0.15, 0.2) is 0 Å². The minimum atomic E-state index is 0.384. The Bertz CT molecular complexity index is 567. The Kier molecular flexibility index (Phi) is 4.45. The highest BCUT2D eigenvalue weighted by molar-refractivity contribution is 5.69. The van der Waals surface area contributed by atoms with E-state index in [1.807, 2.05) is 0 Å². The van der Waals surface area contributed by atoms with Gasteiger partial charge in [0.05, 0.1) is 18.3 Å². The summed E-state index contributed by atoms with van der Waals surface area (Å²) in [6.45, 7) is 8.14. The van der Waals surface area contributed by atoms with Gasteiger partial charge in [-0.2, -0.15) is 0 Å². The molecule has 1 unspecified atom stereocenters. The molecular formula is C19H28N2O2. The molecule has 4 rings (SSSR count). The van der Waals surface area contributed by atoms with Crippen LogP contribution in [-0.2, 0) is 17.6 Å². The Morgan fingerprint density at radius 1 is 1.22 bits per heavy atom. The van der Waals surface area contributed by atoms with E-state index in [1.54, 1.807) is 0 Å². The molecule has 1 aromatic rings. The number of nitrogens with zero attached hydrogens (tertiary/aromatic N) is 1. The van der Waals surface area contributed by atoms with E-state index in [0.717, 1.165) is 58.0 Å². The van der Waals surface area contributed by atoms with Crippen LogP contribution in [-0.4, -0.2) is 45.5 Å². The lowest BCUT2D eigenvalue weighted by Crippen LogP contribution is -2.41. The molecule has 0 bridgehead atoms. The first-order valence-corrected chi connectivity index (χ1v) is 9.18. The van der Waals surface area contributed by atoms with Crippen molar-refractivity contribution in [1.29, 1.82) is 0 Å². The summed E-state index contributed by atoms with van der Waals surface area (Å²) in [4.78, 5) is 2.52. The zero-order valence-electron chi connectivity index (χ0n) is 14.2. The Morgan fingerprint density at radius 3 is 3.00 bits per heavy atom. The van der Waals surface area contributed by atoms with Crippen molar-refractivity contribution in [1.82, 2.24) is 5.32 Å². The van der Waals surface area contributed by atoms with Crippen molar-refractivity contribution >= 4 is 5.69 Å². The van der Waals surface area contributed by atoms with E-state index in [9.17, 15) is 0 Å². The highest BCUT2D eigenvalue weighted by atomic mass is 16.5. The summed E-state index contributed by atoms with van der Waals surface area (Å²) in [5.74, 6) is 1.09. The largest absolute Gasteiger partial charge is 0.490 e. The Hall–Kier alpha value is -1.26. The number of benzene rings is 1. The molecule has 0 saturated carbocycles. The molecule has 3 heterocycles. The number of nitrogens with one attached hydrogen (secondary N) is 1. The molecule has 1 atom stereocenters. The Morgan fingerprint density at radius 2 is 2.13 bits per heavy atom. The zero-order chi connectivity index (χ0) is 15.6. The van der Waals surface area contributed by atoms with Gasteiger partial charge in [-0.25, -0.2) is 0 Å². The summed E-state index contributed by atoms with van der Waals surface area (Å²) < 4.78 is 12.0. The van der Waals surface area contributed by atoms with Crippen molar-refractivity contribution in [3.63, 3.8) is 0 Å². The van der Waals surface area contributed by atoms with Crippen LogP contribution in [0.3, 0.4) is 0 Å². The van der Waals surface area contributed by atoms with E-state index in [-0.39, 0.29) is 0 Å². The maximum absolute atomic E-state index is 6.03. The third-order valence-electron chi connectivity index (χ3n) is 5.49. The van der Waals surface area contributed by atoms with Crippen LogP contribution in [0.4, 0.5) is 5.69 Å². The average Bonchev–Trinajstić information content (AvgIpc) is 2.82. The van der Waals surface area contributed by atoms with E-state index in [2.05, 4.69) is 23.2 Å². The molecule has 23 heavy (non-hydrogen) atoms. The average molecular weight is 316 g/mol. The van der Waals surface area contributed by atoms with Gasteiger partial charge in [-0.15, -0.1) is 0 Å². The molecule has 0 radical (unpaired) electrons. The van der Waals surface area contributed by atoms with Crippen molar-refractivity contribution in [2.75, 3.05) is 44.3 Å². The predicted molar refractivity (Wildman–Crippen MR) is 92.8 cm³/mol. The smallest absolute Gasteiger partial charge is 0.143 e. The fraction of sp³-hybridized carbons (Fsp3) is 0.684. The van der Waals surface area contributed by atoms with Crippen molar-refractivity contribution in [2.24, 2.45) is 0 Å². The van der Waals surface area contributed by atoms with E-state index < -0.39 is 0 Å². The van der Waals surface area contributed by atoms with Crippen LogP contribution in [0, 0.1) is 6.92 Å². The fourth-order valence-electron chi connectivity index (χ4n) is 4.28. The highest BCUT2D eigenvalue weighted by Crippen LogP contribution is 2.39. The first-order chi connectivity index (χ1) is 11.3. The van der Waals surface area contributed by atoms with Crippen LogP contribution in [0.1, 0.15) is 36.0 Å². The molecule has 4 nitrogen and oxygen atoms in total. The van der Waals surface area contributed by atoms with Crippen LogP contribution in [0.15, 0.2) is 6.07 Å². The van der Waals surface area contributed by atoms with Crippen molar-refractivity contribution in [2.45, 2.75) is 45.1 Å². The lowest BCUT2D eigenvalue weighted by molar-refractivity contribution is 0.0203. The molecule has 0 aliphatic carbocycles. The lowest BCUT2D eigenvalue weighted by atomic mass is 9.94. The fourth-order valence-corrected chi connectivity index (χ4v) is 4.28. The third-order valence-corrected chi connectivity index (χ3v) is 5.49. The van der Waals surface area contributed by atoms with Crippen molar-refractivity contribution in [3.8, 4) is 5.75 Å². The Balaban J connectivity index is 1.64. The third kappa shape index (κ3) is 3.07. The first kappa shape index (κ1) is 15.3. The van der Waals surface area contributed by atoms with Gasteiger partial charge in [0.1, 0.15) is 12.4 Å². The molecule has 0 spiro atoms. The lowest BCUT2D eigenvalue weighted by Gasteiger charge is -2.37. The first-order valence-electron chi connectivity index (χ1n) is 9.18. The Labute approximate surface area is 139 Å². The summed E-state index contributed by atoms with van der Waals surface area (Å²) in [6.07, 6.45) is 6.34. The van der Waals surface area contributed by atoms with Gasteiger partial charge < -0.3 is 19.7 Å². The molecule has 1 saturated heterocycles. The van der Waals surface area contributed by atoms with Crippen LogP contribution in [0.5, 0.6) is 5.75 Å². The topological polar surface area (TPSA) is 33.7 Å². The second-order valence-electron chi connectivity index (χ2n) is 7.02. The molecule has 3 aliphatic rings. The van der Waals surface area contributed by atoms with Gasteiger partial charge >= 0.3 is 0 Å². The summed E-state index contributed by atoms with van der Waals surface area (Å²) in [6, 6.07) is 2.30. The standard InChI is InChI=1S/C19H28N2O2/c1-14-17-6-8-20-7-5-15(17)12-18-19(14)21(9-11-23-18)13-16-4-2-3-10-22-16/h12,16,20H,2-11,13H2,1H3. The van der Waals surface area contributed by atoms with Crippen molar-refractivity contribution < 1.29 is 9.47 Å². The number of ether oxygens (including phenoxy) is 2. The van der Waals surface area contributed by atoms with Crippen LogP contribution in [0.25, 0.3) is 0 Å². The molecule has 1 fully saturated rings. The van der Waals surface area contributed by atoms with E-state index >= 15 is 0 Å². The second kappa shape index (κ2) is 6.70. The molecule has 0 aromatic heterocycles. The minimum Gasteiger partial charge on any atom is -0.490 e. The minimum absolute atomic E-state index is 0.384. The van der Waals surface area contributed by atoms with E-state index in [4.69, 9.17) is 9.47 Å². The van der Waals surface area contributed by atoms with E-state index in [0.29, 0.717) is 6.10 Å². The monoisotopic (exact) mass is 316 g/mol. The van der Waals surface area contributed by atoms with Crippen LogP contribution < -0.4 is 15.0 Å². The molecule has 4 heteroatoms. The summed E-state index contributed by atoms with van der Waals surface area (Å²) >= 11 is 0. The maximum atomic E-state index is 6.03. The molecular weight excluding hydrogens is 288 g/mol. The molecule has 1 aromatic carbocycles. The normalized spacial score (nSPS) is 24.4. The number of fused-ring (bicyclic) bond motifs is 2. The van der Waals surface area contributed by atoms with Crippen molar-refractivity contribution in [3.05, 3.63) is 22.8 Å². The van der Waals surface area contributed by atoms with Crippen LogP contribution >= 0.6 is 0 Å².